The Kier molecular flexibility index (Phi) is 1.05. The van der Waals surface area contributed by atoms with Gasteiger partial charge in [-0.1, -0.05) is 25.8 Å². The predicted octanol–water partition coefficient (Wildman–Crippen LogP) is 2.18. The summed E-state index contributed by atoms with van der Waals surface area (Å²) in [6, 6.07) is 0. The average molecular weight is 162 g/mol. The van der Waals surface area contributed by atoms with Crippen molar-refractivity contribution < 1.29 is 4.79 Å². The fraction of sp³-hybridized carbons (Fsp3) is 0.727. The number of ketones is 1. The fourth-order valence-electron chi connectivity index (χ4n) is 3.32. The number of hydrogen-bond acceptors (Lipinski definition) is 1. The minimum atomic E-state index is 0.415. The SMILES string of the molecule is CCCCC12C3C=CC(=O)C1C32. The van der Waals surface area contributed by atoms with Crippen molar-refractivity contribution in [1.29, 1.82) is 0 Å². The third kappa shape index (κ3) is 0.531. The van der Waals surface area contributed by atoms with E-state index < -0.39 is 0 Å². The Morgan fingerprint density at radius 1 is 1.58 bits per heavy atom. The van der Waals surface area contributed by atoms with Crippen LogP contribution in [0.2, 0.25) is 0 Å². The third-order valence-electron chi connectivity index (χ3n) is 4.09. The van der Waals surface area contributed by atoms with Crippen LogP contribution in [0.3, 0.4) is 0 Å². The fourth-order valence-corrected chi connectivity index (χ4v) is 3.32. The van der Waals surface area contributed by atoms with Crippen molar-refractivity contribution in [2.75, 3.05) is 0 Å². The van der Waals surface area contributed by atoms with Crippen molar-refractivity contribution in [3.05, 3.63) is 12.2 Å². The van der Waals surface area contributed by atoms with Crippen LogP contribution in [0.5, 0.6) is 0 Å². The average Bonchev–Trinajstić information content (AvgIpc) is 2.89. The summed E-state index contributed by atoms with van der Waals surface area (Å²) < 4.78 is 0. The van der Waals surface area contributed by atoms with Gasteiger partial charge < -0.3 is 0 Å². The first-order valence-electron chi connectivity index (χ1n) is 5.04. The van der Waals surface area contributed by atoms with Gasteiger partial charge in [-0.2, -0.15) is 0 Å². The standard InChI is InChI=1S/C11H14O/c1-2-3-6-11-7-4-5-8(12)10(11)9(7)11/h4-5,7,9-10H,2-3,6H2,1H3. The molecule has 2 saturated carbocycles. The molecule has 0 radical (unpaired) electrons. The summed E-state index contributed by atoms with van der Waals surface area (Å²) in [5.41, 5.74) is 0.516. The smallest absolute Gasteiger partial charge is 0.159 e. The molecule has 0 spiro atoms. The van der Waals surface area contributed by atoms with Crippen LogP contribution in [0, 0.1) is 23.2 Å². The van der Waals surface area contributed by atoms with Gasteiger partial charge in [-0.05, 0) is 29.7 Å². The van der Waals surface area contributed by atoms with E-state index in [1.165, 1.54) is 19.3 Å². The Morgan fingerprint density at radius 3 is 3.00 bits per heavy atom. The molecular weight excluding hydrogens is 148 g/mol. The third-order valence-corrected chi connectivity index (χ3v) is 4.09. The van der Waals surface area contributed by atoms with Crippen molar-refractivity contribution in [3.63, 3.8) is 0 Å². The quantitative estimate of drug-likeness (QED) is 0.621. The van der Waals surface area contributed by atoms with Crippen LogP contribution >= 0.6 is 0 Å². The maximum atomic E-state index is 11.3. The molecule has 3 aliphatic carbocycles. The number of rotatable bonds is 3. The van der Waals surface area contributed by atoms with E-state index in [4.69, 9.17) is 0 Å². The van der Waals surface area contributed by atoms with Gasteiger partial charge in [0.25, 0.3) is 0 Å². The lowest BCUT2D eigenvalue weighted by Crippen LogP contribution is -2.20. The van der Waals surface area contributed by atoms with Crippen LogP contribution in [-0.4, -0.2) is 5.78 Å². The number of carbonyl (C=O) groups excluding carboxylic acids is 1. The van der Waals surface area contributed by atoms with Crippen molar-refractivity contribution in [2.45, 2.75) is 26.2 Å². The first kappa shape index (κ1) is 6.88. The van der Waals surface area contributed by atoms with Gasteiger partial charge in [0.05, 0.1) is 0 Å². The monoisotopic (exact) mass is 162 g/mol. The summed E-state index contributed by atoms with van der Waals surface area (Å²) in [6.45, 7) is 2.23. The molecule has 4 atom stereocenters. The van der Waals surface area contributed by atoms with Crippen molar-refractivity contribution in [2.24, 2.45) is 23.2 Å². The highest BCUT2D eigenvalue weighted by Crippen LogP contribution is 2.87. The molecule has 2 fully saturated rings. The van der Waals surface area contributed by atoms with Gasteiger partial charge in [0.2, 0.25) is 0 Å². The second-order valence-corrected chi connectivity index (χ2v) is 4.51. The molecule has 0 N–H and O–H groups in total. The summed E-state index contributed by atoms with van der Waals surface area (Å²) in [4.78, 5) is 11.3. The highest BCUT2D eigenvalue weighted by Gasteiger charge is 2.87. The topological polar surface area (TPSA) is 17.1 Å². The Bertz CT molecular complexity index is 279. The lowest BCUT2D eigenvalue weighted by Gasteiger charge is -2.18. The molecule has 4 unspecified atom stereocenters. The van der Waals surface area contributed by atoms with Crippen LogP contribution < -0.4 is 0 Å². The van der Waals surface area contributed by atoms with E-state index in [-0.39, 0.29) is 0 Å². The number of carbonyl (C=O) groups is 1. The molecule has 0 saturated heterocycles. The maximum absolute atomic E-state index is 11.3. The Labute approximate surface area is 72.8 Å². The van der Waals surface area contributed by atoms with Gasteiger partial charge in [0.15, 0.2) is 5.78 Å². The highest BCUT2D eigenvalue weighted by molar-refractivity contribution is 5.99. The van der Waals surface area contributed by atoms with E-state index in [9.17, 15) is 4.79 Å². The molecule has 0 aromatic carbocycles. The maximum Gasteiger partial charge on any atom is 0.159 e. The van der Waals surface area contributed by atoms with Gasteiger partial charge in [-0.15, -0.1) is 0 Å². The molecule has 3 rings (SSSR count). The van der Waals surface area contributed by atoms with Crippen LogP contribution in [-0.2, 0) is 4.79 Å². The van der Waals surface area contributed by atoms with Crippen molar-refractivity contribution >= 4 is 5.78 Å². The largest absolute Gasteiger partial charge is 0.295 e. The minimum absolute atomic E-state index is 0.415. The minimum Gasteiger partial charge on any atom is -0.295 e. The zero-order chi connectivity index (χ0) is 8.34. The van der Waals surface area contributed by atoms with Crippen LogP contribution in [0.1, 0.15) is 26.2 Å². The van der Waals surface area contributed by atoms with Gasteiger partial charge in [-0.25, -0.2) is 0 Å². The van der Waals surface area contributed by atoms with Crippen molar-refractivity contribution in [3.8, 4) is 0 Å². The predicted molar refractivity (Wildman–Crippen MR) is 46.6 cm³/mol. The van der Waals surface area contributed by atoms with E-state index in [1.807, 2.05) is 6.08 Å². The molecule has 0 heterocycles. The van der Waals surface area contributed by atoms with Crippen LogP contribution in [0.15, 0.2) is 12.2 Å². The van der Waals surface area contributed by atoms with Crippen molar-refractivity contribution in [1.82, 2.24) is 0 Å². The van der Waals surface area contributed by atoms with Gasteiger partial charge in [-0.3, -0.25) is 4.79 Å². The van der Waals surface area contributed by atoms with E-state index >= 15 is 0 Å². The Balaban J connectivity index is 1.76. The second kappa shape index (κ2) is 1.84. The summed E-state index contributed by atoms with van der Waals surface area (Å²) in [7, 11) is 0. The normalized spacial score (nSPS) is 52.1. The van der Waals surface area contributed by atoms with Gasteiger partial charge in [0, 0.05) is 5.92 Å². The lowest BCUT2D eigenvalue weighted by atomic mass is 9.84. The molecule has 64 valence electrons. The first-order chi connectivity index (χ1) is 5.82. The number of fused-ring (bicyclic) bond motifs is 2. The molecule has 1 heteroatoms. The summed E-state index contributed by atoms with van der Waals surface area (Å²) in [6.07, 6.45) is 7.85. The van der Waals surface area contributed by atoms with E-state index in [2.05, 4.69) is 13.0 Å². The molecular formula is C11H14O. The van der Waals surface area contributed by atoms with Crippen LogP contribution in [0.4, 0.5) is 0 Å². The summed E-state index contributed by atoms with van der Waals surface area (Å²) in [5.74, 6) is 2.49. The summed E-state index contributed by atoms with van der Waals surface area (Å²) >= 11 is 0. The van der Waals surface area contributed by atoms with Crippen LogP contribution in [0.25, 0.3) is 0 Å². The number of hydrogen-bond donors (Lipinski definition) is 0. The molecule has 12 heavy (non-hydrogen) atoms. The first-order valence-corrected chi connectivity index (χ1v) is 5.04. The molecule has 1 nitrogen and oxygen atoms in total. The van der Waals surface area contributed by atoms with E-state index in [0.29, 0.717) is 17.1 Å². The van der Waals surface area contributed by atoms with E-state index in [1.54, 1.807) is 0 Å². The summed E-state index contributed by atoms with van der Waals surface area (Å²) in [5, 5.41) is 0. The zero-order valence-electron chi connectivity index (χ0n) is 7.42. The number of allylic oxidation sites excluding steroid dienone is 2. The zero-order valence-corrected chi connectivity index (χ0v) is 7.42. The molecule has 0 amide bonds. The molecule has 0 aromatic rings. The lowest BCUT2D eigenvalue weighted by molar-refractivity contribution is -0.118. The second-order valence-electron chi connectivity index (χ2n) is 4.51. The molecule has 0 aliphatic heterocycles. The Hall–Kier alpha value is -0.590. The highest BCUT2D eigenvalue weighted by atomic mass is 16.1. The van der Waals surface area contributed by atoms with Gasteiger partial charge in [0.1, 0.15) is 0 Å². The number of unbranched alkanes of at least 4 members (excludes halogenated alkanes) is 1. The Morgan fingerprint density at radius 2 is 2.42 bits per heavy atom. The molecule has 3 aliphatic rings. The molecule has 0 aromatic heterocycles. The van der Waals surface area contributed by atoms with E-state index in [0.717, 1.165) is 11.8 Å². The molecule has 0 bridgehead atoms. The van der Waals surface area contributed by atoms with Gasteiger partial charge >= 0.3 is 0 Å².